The monoisotopic (exact) mass is 211 g/mol. The quantitative estimate of drug-likeness (QED) is 0.651. The van der Waals surface area contributed by atoms with Crippen LogP contribution in [0.3, 0.4) is 0 Å². The second-order valence-electron chi connectivity index (χ2n) is 3.65. The maximum atomic E-state index is 4.95. The van der Waals surface area contributed by atoms with Crippen LogP contribution in [0.25, 0.3) is 0 Å². The van der Waals surface area contributed by atoms with Crippen molar-refractivity contribution in [2.75, 3.05) is 26.8 Å². The summed E-state index contributed by atoms with van der Waals surface area (Å²) in [5, 5.41) is 7.47. The van der Waals surface area contributed by atoms with Gasteiger partial charge in [0.1, 0.15) is 0 Å². The Bertz CT molecular complexity index is 260. The van der Waals surface area contributed by atoms with Crippen molar-refractivity contribution in [3.05, 3.63) is 18.0 Å². The number of unbranched alkanes of at least 4 members (excludes halogenated alkanes) is 1. The van der Waals surface area contributed by atoms with Gasteiger partial charge in [-0.05, 0) is 31.9 Å². The number of rotatable bonds is 8. The molecule has 4 heteroatoms. The molecule has 0 spiro atoms. The van der Waals surface area contributed by atoms with Crippen molar-refractivity contribution < 1.29 is 4.74 Å². The van der Waals surface area contributed by atoms with Crippen LogP contribution in [-0.2, 0) is 18.2 Å². The van der Waals surface area contributed by atoms with Crippen LogP contribution in [0, 0.1) is 0 Å². The Labute approximate surface area is 91.6 Å². The van der Waals surface area contributed by atoms with Crippen LogP contribution >= 0.6 is 0 Å². The average Bonchev–Trinajstić information content (AvgIpc) is 2.63. The molecule has 0 aliphatic heterocycles. The van der Waals surface area contributed by atoms with Gasteiger partial charge in [-0.2, -0.15) is 5.10 Å². The van der Waals surface area contributed by atoms with Crippen molar-refractivity contribution in [1.82, 2.24) is 15.1 Å². The first-order chi connectivity index (χ1) is 7.34. The summed E-state index contributed by atoms with van der Waals surface area (Å²) in [4.78, 5) is 0. The minimum atomic E-state index is 0.793. The molecule has 1 aromatic heterocycles. The van der Waals surface area contributed by atoms with Crippen LogP contribution in [0.5, 0.6) is 0 Å². The molecule has 1 N–H and O–H groups in total. The van der Waals surface area contributed by atoms with Crippen LogP contribution in [-0.4, -0.2) is 36.6 Å². The zero-order chi connectivity index (χ0) is 10.9. The van der Waals surface area contributed by atoms with E-state index in [1.54, 1.807) is 7.11 Å². The van der Waals surface area contributed by atoms with Gasteiger partial charge in [0.25, 0.3) is 0 Å². The SMILES string of the molecule is COCCNCCCCc1ccnn1C. The van der Waals surface area contributed by atoms with E-state index in [0.717, 1.165) is 26.1 Å². The summed E-state index contributed by atoms with van der Waals surface area (Å²) in [6, 6.07) is 2.08. The van der Waals surface area contributed by atoms with Gasteiger partial charge >= 0.3 is 0 Å². The average molecular weight is 211 g/mol. The third kappa shape index (κ3) is 4.95. The molecule has 0 saturated heterocycles. The summed E-state index contributed by atoms with van der Waals surface area (Å²) in [6.07, 6.45) is 5.38. The lowest BCUT2D eigenvalue weighted by atomic mass is 10.2. The van der Waals surface area contributed by atoms with Crippen molar-refractivity contribution in [1.29, 1.82) is 0 Å². The number of methoxy groups -OCH3 is 1. The fourth-order valence-corrected chi connectivity index (χ4v) is 1.50. The molecular formula is C11H21N3O. The standard InChI is InChI=1S/C11H21N3O/c1-14-11(6-8-13-14)5-3-4-7-12-9-10-15-2/h6,8,12H,3-5,7,9-10H2,1-2H3. The number of hydrogen-bond acceptors (Lipinski definition) is 3. The second-order valence-corrected chi connectivity index (χ2v) is 3.65. The molecule has 0 bridgehead atoms. The van der Waals surface area contributed by atoms with Crippen LogP contribution in [0.2, 0.25) is 0 Å². The summed E-state index contributed by atoms with van der Waals surface area (Å²) in [6.45, 7) is 2.81. The molecule has 0 aliphatic carbocycles. The molecule has 86 valence electrons. The first kappa shape index (κ1) is 12.2. The molecule has 0 aliphatic rings. The van der Waals surface area contributed by atoms with E-state index >= 15 is 0 Å². The maximum Gasteiger partial charge on any atom is 0.0587 e. The Morgan fingerprint density at radius 1 is 1.40 bits per heavy atom. The van der Waals surface area contributed by atoms with Crippen LogP contribution in [0.15, 0.2) is 12.3 Å². The van der Waals surface area contributed by atoms with E-state index in [9.17, 15) is 0 Å². The number of aryl methyl sites for hydroxylation is 2. The smallest absolute Gasteiger partial charge is 0.0587 e. The first-order valence-electron chi connectivity index (χ1n) is 5.51. The van der Waals surface area contributed by atoms with E-state index < -0.39 is 0 Å². The van der Waals surface area contributed by atoms with Gasteiger partial charge in [-0.3, -0.25) is 4.68 Å². The lowest BCUT2D eigenvalue weighted by Crippen LogP contribution is -2.20. The zero-order valence-corrected chi connectivity index (χ0v) is 9.70. The zero-order valence-electron chi connectivity index (χ0n) is 9.70. The Balaban J connectivity index is 1.96. The predicted octanol–water partition coefficient (Wildman–Crippen LogP) is 0.979. The molecule has 1 heterocycles. The molecule has 0 aromatic carbocycles. The highest BCUT2D eigenvalue weighted by atomic mass is 16.5. The largest absolute Gasteiger partial charge is 0.383 e. The topological polar surface area (TPSA) is 39.1 Å². The van der Waals surface area contributed by atoms with Crippen molar-refractivity contribution in [3.8, 4) is 0 Å². The van der Waals surface area contributed by atoms with Gasteiger partial charge < -0.3 is 10.1 Å². The Hall–Kier alpha value is -0.870. The lowest BCUT2D eigenvalue weighted by Gasteiger charge is -2.04. The van der Waals surface area contributed by atoms with E-state index in [2.05, 4.69) is 16.5 Å². The van der Waals surface area contributed by atoms with Crippen LogP contribution < -0.4 is 5.32 Å². The lowest BCUT2D eigenvalue weighted by molar-refractivity contribution is 0.199. The van der Waals surface area contributed by atoms with Gasteiger partial charge in [0.05, 0.1) is 6.61 Å². The second kappa shape index (κ2) is 7.43. The Kier molecular flexibility index (Phi) is 6.04. The Morgan fingerprint density at radius 3 is 2.93 bits per heavy atom. The molecule has 0 saturated carbocycles. The van der Waals surface area contributed by atoms with Gasteiger partial charge in [0.15, 0.2) is 0 Å². The number of hydrogen-bond donors (Lipinski definition) is 1. The molecule has 1 rings (SSSR count). The maximum absolute atomic E-state index is 4.95. The van der Waals surface area contributed by atoms with E-state index in [0.29, 0.717) is 0 Å². The number of ether oxygens (including phenoxy) is 1. The molecule has 15 heavy (non-hydrogen) atoms. The molecule has 0 amide bonds. The molecule has 0 radical (unpaired) electrons. The van der Waals surface area contributed by atoms with E-state index in [1.165, 1.54) is 18.5 Å². The molecule has 0 fully saturated rings. The summed E-state index contributed by atoms with van der Waals surface area (Å²) in [7, 11) is 3.72. The highest BCUT2D eigenvalue weighted by Gasteiger charge is 1.97. The molecular weight excluding hydrogens is 190 g/mol. The van der Waals surface area contributed by atoms with Crippen molar-refractivity contribution in [2.45, 2.75) is 19.3 Å². The summed E-state index contributed by atoms with van der Waals surface area (Å²) in [5.74, 6) is 0. The summed E-state index contributed by atoms with van der Waals surface area (Å²) >= 11 is 0. The van der Waals surface area contributed by atoms with E-state index in [-0.39, 0.29) is 0 Å². The predicted molar refractivity (Wildman–Crippen MR) is 60.9 cm³/mol. The van der Waals surface area contributed by atoms with E-state index in [4.69, 9.17) is 4.74 Å². The Morgan fingerprint density at radius 2 is 2.27 bits per heavy atom. The van der Waals surface area contributed by atoms with Crippen LogP contribution in [0.4, 0.5) is 0 Å². The number of aromatic nitrogens is 2. The molecule has 4 nitrogen and oxygen atoms in total. The van der Waals surface area contributed by atoms with Gasteiger partial charge in [0.2, 0.25) is 0 Å². The fraction of sp³-hybridized carbons (Fsp3) is 0.727. The highest BCUT2D eigenvalue weighted by Crippen LogP contribution is 2.02. The normalized spacial score (nSPS) is 10.8. The highest BCUT2D eigenvalue weighted by molar-refractivity contribution is 4.99. The van der Waals surface area contributed by atoms with Gasteiger partial charge in [0, 0.05) is 32.6 Å². The molecule has 0 atom stereocenters. The van der Waals surface area contributed by atoms with Crippen LogP contribution in [0.1, 0.15) is 18.5 Å². The van der Waals surface area contributed by atoms with Gasteiger partial charge in [-0.25, -0.2) is 0 Å². The van der Waals surface area contributed by atoms with Crippen molar-refractivity contribution >= 4 is 0 Å². The first-order valence-corrected chi connectivity index (χ1v) is 5.51. The van der Waals surface area contributed by atoms with Gasteiger partial charge in [-0.1, -0.05) is 0 Å². The summed E-state index contributed by atoms with van der Waals surface area (Å²) < 4.78 is 6.89. The minimum absolute atomic E-state index is 0.793. The third-order valence-corrected chi connectivity index (χ3v) is 2.44. The fourth-order valence-electron chi connectivity index (χ4n) is 1.50. The number of nitrogens with one attached hydrogen (secondary N) is 1. The van der Waals surface area contributed by atoms with Crippen molar-refractivity contribution in [3.63, 3.8) is 0 Å². The minimum Gasteiger partial charge on any atom is -0.383 e. The number of nitrogens with zero attached hydrogens (tertiary/aromatic N) is 2. The molecule has 0 unspecified atom stereocenters. The van der Waals surface area contributed by atoms with Gasteiger partial charge in [-0.15, -0.1) is 0 Å². The summed E-state index contributed by atoms with van der Waals surface area (Å²) in [5.41, 5.74) is 1.31. The van der Waals surface area contributed by atoms with Crippen molar-refractivity contribution in [2.24, 2.45) is 7.05 Å². The molecule has 1 aromatic rings. The third-order valence-electron chi connectivity index (χ3n) is 2.44. The van der Waals surface area contributed by atoms with E-state index in [1.807, 2.05) is 17.9 Å².